The van der Waals surface area contributed by atoms with Crippen molar-refractivity contribution in [3.8, 4) is 56.4 Å². The molecule has 0 spiro atoms. The highest BCUT2D eigenvalue weighted by atomic mass is 32.1. The number of rotatable bonds is 5. The van der Waals surface area contributed by atoms with Gasteiger partial charge in [0.15, 0.2) is 17.5 Å². The van der Waals surface area contributed by atoms with Gasteiger partial charge < -0.3 is 4.42 Å². The molecule has 5 heteroatoms. The topological polar surface area (TPSA) is 51.8 Å². The molecule has 0 bridgehead atoms. The van der Waals surface area contributed by atoms with Crippen LogP contribution in [0.25, 0.3) is 109 Å². The van der Waals surface area contributed by atoms with E-state index < -0.39 is 0 Å². The van der Waals surface area contributed by atoms with Gasteiger partial charge in [-0.2, -0.15) is 0 Å². The van der Waals surface area contributed by atoms with Crippen molar-refractivity contribution in [2.75, 3.05) is 0 Å². The van der Waals surface area contributed by atoms with Gasteiger partial charge in [0, 0.05) is 53.0 Å². The highest BCUT2D eigenvalue weighted by Gasteiger charge is 2.17. The van der Waals surface area contributed by atoms with Crippen LogP contribution in [0.1, 0.15) is 0 Å². The fourth-order valence-corrected chi connectivity index (χ4v) is 8.75. The number of hydrogen-bond donors (Lipinski definition) is 0. The van der Waals surface area contributed by atoms with Crippen molar-refractivity contribution in [1.82, 2.24) is 15.0 Å². The van der Waals surface area contributed by atoms with E-state index in [-0.39, 0.29) is 0 Å². The minimum Gasteiger partial charge on any atom is -0.455 e. The summed E-state index contributed by atoms with van der Waals surface area (Å²) in [5.74, 6) is 1.93. The standard InChI is InChI=1S/C49H29N3OS/c1-3-11-31(12-4-1)47-50-48(32-13-5-2-6-14-32)52-49(51-47)33-21-19-30(20-22-33)39-29-42-40-27-34(23-25-43(40)53-46(42)38-17-8-7-15-36(38)39)35-24-26-45-41(28-35)37-16-9-10-18-44(37)54-45/h1-29H. The first-order valence-corrected chi connectivity index (χ1v) is 18.8. The van der Waals surface area contributed by atoms with Crippen molar-refractivity contribution in [2.24, 2.45) is 0 Å². The summed E-state index contributed by atoms with van der Waals surface area (Å²) in [7, 11) is 0. The quantitative estimate of drug-likeness (QED) is 0.179. The van der Waals surface area contributed by atoms with Gasteiger partial charge in [-0.1, -0.05) is 140 Å². The maximum absolute atomic E-state index is 6.61. The second kappa shape index (κ2) is 12.3. The minimum atomic E-state index is 0.636. The van der Waals surface area contributed by atoms with Crippen molar-refractivity contribution in [1.29, 1.82) is 0 Å². The van der Waals surface area contributed by atoms with Gasteiger partial charge in [-0.05, 0) is 64.0 Å². The molecular formula is C49H29N3OS. The normalized spacial score (nSPS) is 11.7. The molecule has 54 heavy (non-hydrogen) atoms. The predicted octanol–water partition coefficient (Wildman–Crippen LogP) is 13.6. The Hall–Kier alpha value is -6.95. The van der Waals surface area contributed by atoms with Crippen LogP contribution in [0.3, 0.4) is 0 Å². The van der Waals surface area contributed by atoms with E-state index in [2.05, 4.69) is 115 Å². The lowest BCUT2D eigenvalue weighted by Gasteiger charge is -2.11. The smallest absolute Gasteiger partial charge is 0.164 e. The van der Waals surface area contributed by atoms with Gasteiger partial charge in [-0.3, -0.25) is 0 Å². The van der Waals surface area contributed by atoms with Crippen LogP contribution in [0.5, 0.6) is 0 Å². The lowest BCUT2D eigenvalue weighted by molar-refractivity contribution is 0.673. The average molecular weight is 708 g/mol. The van der Waals surface area contributed by atoms with Crippen molar-refractivity contribution >= 4 is 64.2 Å². The third-order valence-corrected chi connectivity index (χ3v) is 11.5. The Morgan fingerprint density at radius 2 is 0.833 bits per heavy atom. The number of thiophene rings is 1. The summed E-state index contributed by atoms with van der Waals surface area (Å²) in [6.07, 6.45) is 0. The zero-order valence-electron chi connectivity index (χ0n) is 28.9. The summed E-state index contributed by atoms with van der Waals surface area (Å²) in [5, 5.41) is 7.05. The second-order valence-electron chi connectivity index (χ2n) is 13.6. The van der Waals surface area contributed by atoms with Crippen molar-refractivity contribution in [3.63, 3.8) is 0 Å². The van der Waals surface area contributed by atoms with Crippen LogP contribution in [-0.2, 0) is 0 Å². The largest absolute Gasteiger partial charge is 0.455 e. The number of furan rings is 1. The summed E-state index contributed by atoms with van der Waals surface area (Å²) in [6.45, 7) is 0. The fourth-order valence-electron chi connectivity index (χ4n) is 7.66. The second-order valence-corrected chi connectivity index (χ2v) is 14.7. The Bertz CT molecular complexity index is 3140. The van der Waals surface area contributed by atoms with Gasteiger partial charge in [-0.15, -0.1) is 11.3 Å². The molecule has 3 heterocycles. The Kier molecular flexibility index (Phi) is 7.00. The maximum Gasteiger partial charge on any atom is 0.164 e. The molecule has 252 valence electrons. The third-order valence-electron chi connectivity index (χ3n) is 10.3. The Morgan fingerprint density at radius 3 is 1.52 bits per heavy atom. The van der Waals surface area contributed by atoms with E-state index in [4.69, 9.17) is 19.4 Å². The number of fused-ring (bicyclic) bond motifs is 8. The lowest BCUT2D eigenvalue weighted by Crippen LogP contribution is -2.00. The van der Waals surface area contributed by atoms with E-state index in [0.29, 0.717) is 17.5 Å². The predicted molar refractivity (Wildman–Crippen MR) is 225 cm³/mol. The molecule has 0 amide bonds. The van der Waals surface area contributed by atoms with Crippen LogP contribution in [0.2, 0.25) is 0 Å². The molecule has 0 radical (unpaired) electrons. The van der Waals surface area contributed by atoms with Crippen LogP contribution in [0.4, 0.5) is 0 Å². The first kappa shape index (κ1) is 30.7. The molecule has 0 fully saturated rings. The fraction of sp³-hybridized carbons (Fsp3) is 0. The van der Waals surface area contributed by atoms with E-state index in [1.165, 1.54) is 31.3 Å². The van der Waals surface area contributed by atoms with E-state index in [9.17, 15) is 0 Å². The van der Waals surface area contributed by atoms with Gasteiger partial charge in [0.2, 0.25) is 0 Å². The average Bonchev–Trinajstić information content (AvgIpc) is 3.82. The summed E-state index contributed by atoms with van der Waals surface area (Å²) in [4.78, 5) is 14.8. The molecule has 3 aromatic heterocycles. The first-order valence-electron chi connectivity index (χ1n) is 18.0. The van der Waals surface area contributed by atoms with Crippen molar-refractivity contribution in [2.45, 2.75) is 0 Å². The molecule has 0 aliphatic carbocycles. The van der Waals surface area contributed by atoms with Crippen molar-refractivity contribution in [3.05, 3.63) is 176 Å². The molecule has 0 unspecified atom stereocenters. The van der Waals surface area contributed by atoms with E-state index >= 15 is 0 Å². The molecular weight excluding hydrogens is 679 g/mol. The molecule has 0 aliphatic rings. The minimum absolute atomic E-state index is 0.636. The maximum atomic E-state index is 6.61. The highest BCUT2D eigenvalue weighted by molar-refractivity contribution is 7.25. The number of benzene rings is 8. The van der Waals surface area contributed by atoms with Crippen LogP contribution in [0.15, 0.2) is 180 Å². The number of nitrogens with zero attached hydrogens (tertiary/aromatic N) is 3. The molecule has 0 saturated carbocycles. The molecule has 4 nitrogen and oxygen atoms in total. The lowest BCUT2D eigenvalue weighted by atomic mass is 9.94. The van der Waals surface area contributed by atoms with Gasteiger partial charge in [0.1, 0.15) is 11.2 Å². The Labute approximate surface area is 314 Å². The van der Waals surface area contributed by atoms with Crippen LogP contribution >= 0.6 is 11.3 Å². The van der Waals surface area contributed by atoms with Gasteiger partial charge in [-0.25, -0.2) is 15.0 Å². The van der Waals surface area contributed by atoms with Crippen molar-refractivity contribution < 1.29 is 4.42 Å². The first-order chi connectivity index (χ1) is 26.7. The third kappa shape index (κ3) is 5.09. The molecule has 0 N–H and O–H groups in total. The summed E-state index contributed by atoms with van der Waals surface area (Å²) in [6, 6.07) is 61.6. The molecule has 11 rings (SSSR count). The van der Waals surface area contributed by atoms with E-state index in [0.717, 1.165) is 60.5 Å². The molecule has 8 aromatic carbocycles. The van der Waals surface area contributed by atoms with Crippen LogP contribution in [-0.4, -0.2) is 15.0 Å². The summed E-state index contributed by atoms with van der Waals surface area (Å²) in [5.41, 5.74) is 9.24. The zero-order valence-corrected chi connectivity index (χ0v) is 29.7. The van der Waals surface area contributed by atoms with Gasteiger partial charge >= 0.3 is 0 Å². The Balaban J connectivity index is 1.03. The molecule has 0 aliphatic heterocycles. The number of aromatic nitrogens is 3. The summed E-state index contributed by atoms with van der Waals surface area (Å²) >= 11 is 1.85. The summed E-state index contributed by atoms with van der Waals surface area (Å²) < 4.78 is 9.24. The number of hydrogen-bond acceptors (Lipinski definition) is 5. The molecule has 0 atom stereocenters. The van der Waals surface area contributed by atoms with Gasteiger partial charge in [0.05, 0.1) is 0 Å². The van der Waals surface area contributed by atoms with E-state index in [1.54, 1.807) is 0 Å². The SMILES string of the molecule is c1ccc(-c2nc(-c3ccccc3)nc(-c3ccc(-c4cc5c6cc(-c7ccc8sc9ccccc9c8c7)ccc6oc5c5ccccc45)cc3)n2)cc1. The molecule has 11 aromatic rings. The van der Waals surface area contributed by atoms with Crippen LogP contribution in [0, 0.1) is 0 Å². The Morgan fingerprint density at radius 1 is 0.333 bits per heavy atom. The zero-order chi connectivity index (χ0) is 35.6. The highest BCUT2D eigenvalue weighted by Crippen LogP contribution is 2.42. The van der Waals surface area contributed by atoms with E-state index in [1.807, 2.05) is 72.0 Å². The molecule has 0 saturated heterocycles. The van der Waals surface area contributed by atoms with Crippen LogP contribution < -0.4 is 0 Å². The monoisotopic (exact) mass is 707 g/mol. The van der Waals surface area contributed by atoms with Gasteiger partial charge in [0.25, 0.3) is 0 Å².